The molecule has 0 bridgehead atoms. The minimum atomic E-state index is -0.0851. The van der Waals surface area contributed by atoms with Crippen LogP contribution in [0.25, 0.3) is 27.8 Å². The fraction of sp³-hybridized carbons (Fsp3) is 0.0526. The molecule has 6 nitrogen and oxygen atoms in total. The summed E-state index contributed by atoms with van der Waals surface area (Å²) in [6.45, 7) is 0. The molecule has 0 saturated heterocycles. The highest BCUT2D eigenvalue weighted by atomic mass is 32.1. The third-order valence-corrected chi connectivity index (χ3v) is 4.49. The molecule has 0 spiro atoms. The Morgan fingerprint density at radius 2 is 1.81 bits per heavy atom. The van der Waals surface area contributed by atoms with Gasteiger partial charge in [-0.1, -0.05) is 24.3 Å². The minimum Gasteiger partial charge on any atom is -0.508 e. The zero-order valence-corrected chi connectivity index (χ0v) is 14.6. The van der Waals surface area contributed by atoms with Crippen molar-refractivity contribution in [3.8, 4) is 34.3 Å². The summed E-state index contributed by atoms with van der Waals surface area (Å²) in [4.78, 5) is 0. The van der Waals surface area contributed by atoms with Crippen LogP contribution in [0, 0.1) is 4.77 Å². The van der Waals surface area contributed by atoms with E-state index in [0.29, 0.717) is 16.2 Å². The molecule has 0 radical (unpaired) electrons. The highest BCUT2D eigenvalue weighted by Gasteiger charge is 2.17. The van der Waals surface area contributed by atoms with Gasteiger partial charge in [0, 0.05) is 16.8 Å². The second kappa shape index (κ2) is 6.20. The number of phenolic OH excluding ortho intramolecular Hbond substituents is 2. The average molecular weight is 365 g/mol. The summed E-state index contributed by atoms with van der Waals surface area (Å²) in [6, 6.07) is 15.9. The number of aromatic hydroxyl groups is 2. The maximum absolute atomic E-state index is 10.2. The Morgan fingerprint density at radius 3 is 2.54 bits per heavy atom. The van der Waals surface area contributed by atoms with Gasteiger partial charge in [0.2, 0.25) is 0 Å². The molecule has 0 atom stereocenters. The van der Waals surface area contributed by atoms with Gasteiger partial charge in [-0.3, -0.25) is 9.67 Å². The molecule has 0 aliphatic carbocycles. The number of benzene rings is 3. The maximum Gasteiger partial charge on any atom is 0.200 e. The van der Waals surface area contributed by atoms with E-state index < -0.39 is 0 Å². The van der Waals surface area contributed by atoms with Gasteiger partial charge in [-0.25, -0.2) is 0 Å². The molecular formula is C19H15N3O3S. The molecule has 3 aromatic carbocycles. The molecule has 1 heterocycles. The molecule has 0 aliphatic heterocycles. The van der Waals surface area contributed by atoms with E-state index in [-0.39, 0.29) is 11.5 Å². The molecule has 1 aromatic heterocycles. The normalized spacial score (nSPS) is 11.0. The van der Waals surface area contributed by atoms with E-state index in [9.17, 15) is 10.2 Å². The highest BCUT2D eigenvalue weighted by Crippen LogP contribution is 2.35. The number of phenols is 2. The maximum atomic E-state index is 10.2. The van der Waals surface area contributed by atoms with Gasteiger partial charge in [-0.15, -0.1) is 0 Å². The van der Waals surface area contributed by atoms with Crippen molar-refractivity contribution in [3.63, 3.8) is 0 Å². The van der Waals surface area contributed by atoms with Crippen molar-refractivity contribution in [2.24, 2.45) is 0 Å². The molecule has 3 N–H and O–H groups in total. The second-order valence-electron chi connectivity index (χ2n) is 5.72. The van der Waals surface area contributed by atoms with Crippen LogP contribution < -0.4 is 4.74 Å². The van der Waals surface area contributed by atoms with E-state index in [1.807, 2.05) is 36.4 Å². The number of hydrogen-bond donors (Lipinski definition) is 3. The van der Waals surface area contributed by atoms with Crippen LogP contribution in [-0.2, 0) is 0 Å². The minimum absolute atomic E-state index is 0.0261. The molecule has 26 heavy (non-hydrogen) atoms. The number of rotatable bonds is 3. The van der Waals surface area contributed by atoms with Gasteiger partial charge >= 0.3 is 0 Å². The lowest BCUT2D eigenvalue weighted by molar-refractivity contribution is 0.420. The van der Waals surface area contributed by atoms with Crippen LogP contribution in [0.2, 0.25) is 0 Å². The first-order valence-corrected chi connectivity index (χ1v) is 8.27. The van der Waals surface area contributed by atoms with Gasteiger partial charge in [0.1, 0.15) is 17.2 Å². The molecule has 4 rings (SSSR count). The molecule has 0 fully saturated rings. The number of H-pyrrole nitrogens is 1. The van der Waals surface area contributed by atoms with Crippen molar-refractivity contribution in [3.05, 3.63) is 59.4 Å². The summed E-state index contributed by atoms with van der Waals surface area (Å²) in [5.74, 6) is 1.09. The monoisotopic (exact) mass is 365 g/mol. The number of nitrogens with one attached hydrogen (secondary N) is 1. The number of fused-ring (bicyclic) bond motifs is 1. The third kappa shape index (κ3) is 2.49. The number of methoxy groups -OCH3 is 1. The Hall–Kier alpha value is -3.32. The van der Waals surface area contributed by atoms with E-state index in [1.54, 1.807) is 17.7 Å². The zero-order valence-electron chi connectivity index (χ0n) is 13.8. The Labute approximate surface area is 153 Å². The van der Waals surface area contributed by atoms with E-state index in [4.69, 9.17) is 17.0 Å². The molecule has 0 aliphatic rings. The van der Waals surface area contributed by atoms with Crippen LogP contribution >= 0.6 is 12.2 Å². The fourth-order valence-electron chi connectivity index (χ4n) is 3.04. The van der Waals surface area contributed by atoms with Crippen molar-refractivity contribution in [2.75, 3.05) is 7.11 Å². The highest BCUT2D eigenvalue weighted by molar-refractivity contribution is 7.71. The molecular weight excluding hydrogens is 350 g/mol. The average Bonchev–Trinajstić information content (AvgIpc) is 3.02. The van der Waals surface area contributed by atoms with Crippen molar-refractivity contribution >= 4 is 23.0 Å². The molecule has 0 saturated carbocycles. The third-order valence-electron chi connectivity index (χ3n) is 4.22. The van der Waals surface area contributed by atoms with Crippen LogP contribution in [0.15, 0.2) is 54.6 Å². The summed E-state index contributed by atoms with van der Waals surface area (Å²) in [6.07, 6.45) is 0. The smallest absolute Gasteiger partial charge is 0.200 e. The molecule has 130 valence electrons. The SMILES string of the molecule is COc1ccc(-n2c(-c3ccc(O)cc3O)n[nH]c2=S)c2ccccc12. The summed E-state index contributed by atoms with van der Waals surface area (Å²) in [5.41, 5.74) is 1.26. The lowest BCUT2D eigenvalue weighted by Gasteiger charge is -2.13. The number of ether oxygens (including phenoxy) is 1. The van der Waals surface area contributed by atoms with E-state index in [2.05, 4.69) is 10.2 Å². The molecule has 4 aromatic rings. The van der Waals surface area contributed by atoms with Crippen molar-refractivity contribution < 1.29 is 14.9 Å². The predicted molar refractivity (Wildman–Crippen MR) is 102 cm³/mol. The Balaban J connectivity index is 2.03. The molecule has 0 amide bonds. The largest absolute Gasteiger partial charge is 0.508 e. The Bertz CT molecular complexity index is 1180. The summed E-state index contributed by atoms with van der Waals surface area (Å²) >= 11 is 5.43. The second-order valence-corrected chi connectivity index (χ2v) is 6.11. The molecule has 0 unspecified atom stereocenters. The summed E-state index contributed by atoms with van der Waals surface area (Å²) in [7, 11) is 1.63. The first-order chi connectivity index (χ1) is 12.6. The lowest BCUT2D eigenvalue weighted by atomic mass is 10.1. The summed E-state index contributed by atoms with van der Waals surface area (Å²) in [5, 5.41) is 28.7. The van der Waals surface area contributed by atoms with Crippen molar-refractivity contribution in [2.45, 2.75) is 0 Å². The van der Waals surface area contributed by atoms with Crippen LogP contribution in [0.5, 0.6) is 17.2 Å². The Morgan fingerprint density at radius 1 is 1.04 bits per heavy atom. The van der Waals surface area contributed by atoms with Gasteiger partial charge in [0.15, 0.2) is 10.6 Å². The first-order valence-electron chi connectivity index (χ1n) is 7.86. The number of hydrogen-bond acceptors (Lipinski definition) is 5. The van der Waals surface area contributed by atoms with E-state index >= 15 is 0 Å². The Kier molecular flexibility index (Phi) is 3.85. The lowest BCUT2D eigenvalue weighted by Crippen LogP contribution is -2.00. The van der Waals surface area contributed by atoms with Gasteiger partial charge in [0.05, 0.1) is 18.4 Å². The van der Waals surface area contributed by atoms with Gasteiger partial charge in [0.25, 0.3) is 0 Å². The predicted octanol–water partition coefficient (Wildman–Crippen LogP) is 4.17. The number of aromatic amines is 1. The van der Waals surface area contributed by atoms with Crippen molar-refractivity contribution in [1.29, 1.82) is 0 Å². The summed E-state index contributed by atoms with van der Waals surface area (Å²) < 4.78 is 7.60. The van der Waals surface area contributed by atoms with Crippen LogP contribution in [0.1, 0.15) is 0 Å². The quantitative estimate of drug-likeness (QED) is 0.475. The van der Waals surface area contributed by atoms with Crippen molar-refractivity contribution in [1.82, 2.24) is 14.8 Å². The van der Waals surface area contributed by atoms with E-state index in [0.717, 1.165) is 22.2 Å². The van der Waals surface area contributed by atoms with Crippen LogP contribution in [-0.4, -0.2) is 32.1 Å². The standard InChI is InChI=1S/C19H15N3O3S/c1-25-17-9-8-15(12-4-2-3-5-13(12)17)22-18(20-21-19(22)26)14-7-6-11(23)10-16(14)24/h2-10,23-24H,1H3,(H,21,26). The number of nitrogens with zero attached hydrogens (tertiary/aromatic N) is 2. The van der Waals surface area contributed by atoms with E-state index in [1.165, 1.54) is 12.1 Å². The van der Waals surface area contributed by atoms with Crippen LogP contribution in [0.4, 0.5) is 0 Å². The first kappa shape index (κ1) is 16.2. The topological polar surface area (TPSA) is 83.3 Å². The van der Waals surface area contributed by atoms with Gasteiger partial charge < -0.3 is 14.9 Å². The molecule has 7 heteroatoms. The zero-order chi connectivity index (χ0) is 18.3. The number of aromatic nitrogens is 3. The fourth-order valence-corrected chi connectivity index (χ4v) is 3.27. The van der Waals surface area contributed by atoms with Gasteiger partial charge in [-0.05, 0) is 36.5 Å². The van der Waals surface area contributed by atoms with Crippen LogP contribution in [0.3, 0.4) is 0 Å². The van der Waals surface area contributed by atoms with Gasteiger partial charge in [-0.2, -0.15) is 5.10 Å².